The molecule has 104 valence electrons. The number of hydrogen-bond acceptors (Lipinski definition) is 3. The maximum absolute atomic E-state index is 11.0. The summed E-state index contributed by atoms with van der Waals surface area (Å²) >= 11 is 0. The summed E-state index contributed by atoms with van der Waals surface area (Å²) in [4.78, 5) is 0. The number of hydrogen-bond donors (Lipinski definition) is 2. The molecule has 0 bridgehead atoms. The van der Waals surface area contributed by atoms with Crippen LogP contribution in [0.15, 0.2) is 48.5 Å². The smallest absolute Gasteiger partial charge is 0.119 e. The summed E-state index contributed by atoms with van der Waals surface area (Å²) in [7, 11) is 1.65. The van der Waals surface area contributed by atoms with Crippen LogP contribution in [0, 0.1) is 0 Å². The summed E-state index contributed by atoms with van der Waals surface area (Å²) in [5, 5.41) is 11.0. The van der Waals surface area contributed by atoms with Crippen LogP contribution in [0.4, 0.5) is 0 Å². The zero-order valence-electron chi connectivity index (χ0n) is 11.5. The first-order chi connectivity index (χ1) is 9.62. The molecule has 1 aliphatic carbocycles. The van der Waals surface area contributed by atoms with Gasteiger partial charge in [0, 0.05) is 12.5 Å². The highest BCUT2D eigenvalue weighted by Gasteiger charge is 2.40. The van der Waals surface area contributed by atoms with Gasteiger partial charge in [-0.05, 0) is 35.2 Å². The zero-order valence-corrected chi connectivity index (χ0v) is 11.5. The van der Waals surface area contributed by atoms with E-state index >= 15 is 0 Å². The van der Waals surface area contributed by atoms with E-state index in [0.29, 0.717) is 12.8 Å². The standard InChI is InChI=1S/C17H19NO2/c1-20-13-6-4-5-12(9-13)10-17(19)11-16(18)14-7-2-3-8-15(14)17/h2-9,16,19H,10-11,18H2,1H3. The Balaban J connectivity index is 1.94. The Morgan fingerprint density at radius 3 is 2.85 bits per heavy atom. The molecule has 3 rings (SSSR count). The van der Waals surface area contributed by atoms with E-state index in [9.17, 15) is 5.11 Å². The molecule has 3 heteroatoms. The first kappa shape index (κ1) is 13.2. The first-order valence-corrected chi connectivity index (χ1v) is 6.83. The van der Waals surface area contributed by atoms with Crippen molar-refractivity contribution in [1.82, 2.24) is 0 Å². The van der Waals surface area contributed by atoms with E-state index in [1.807, 2.05) is 48.5 Å². The van der Waals surface area contributed by atoms with Gasteiger partial charge < -0.3 is 15.6 Å². The van der Waals surface area contributed by atoms with Gasteiger partial charge in [0.25, 0.3) is 0 Å². The molecule has 0 aromatic heterocycles. The molecule has 0 radical (unpaired) electrons. The molecule has 2 atom stereocenters. The highest BCUT2D eigenvalue weighted by Crippen LogP contribution is 2.44. The van der Waals surface area contributed by atoms with Crippen molar-refractivity contribution in [2.75, 3.05) is 7.11 Å². The molecule has 3 N–H and O–H groups in total. The van der Waals surface area contributed by atoms with Crippen LogP contribution in [-0.2, 0) is 12.0 Å². The van der Waals surface area contributed by atoms with Crippen molar-refractivity contribution in [2.45, 2.75) is 24.5 Å². The number of ether oxygens (including phenoxy) is 1. The predicted molar refractivity (Wildman–Crippen MR) is 78.6 cm³/mol. The summed E-state index contributed by atoms with van der Waals surface area (Å²) < 4.78 is 5.24. The van der Waals surface area contributed by atoms with Crippen LogP contribution in [0.3, 0.4) is 0 Å². The summed E-state index contributed by atoms with van der Waals surface area (Å²) in [6, 6.07) is 15.6. The lowest BCUT2D eigenvalue weighted by Gasteiger charge is -2.24. The minimum absolute atomic E-state index is 0.0955. The number of nitrogens with two attached hydrogens (primary N) is 1. The molecule has 2 aromatic rings. The third-order valence-corrected chi connectivity index (χ3v) is 4.05. The molecule has 0 saturated heterocycles. The molecule has 2 unspecified atom stereocenters. The average Bonchev–Trinajstić information content (AvgIpc) is 2.71. The Labute approximate surface area is 119 Å². The molecule has 2 aromatic carbocycles. The number of aliphatic hydroxyl groups is 1. The number of benzene rings is 2. The van der Waals surface area contributed by atoms with Crippen molar-refractivity contribution in [3.8, 4) is 5.75 Å². The van der Waals surface area contributed by atoms with Crippen LogP contribution in [0.2, 0.25) is 0 Å². The second kappa shape index (κ2) is 4.93. The largest absolute Gasteiger partial charge is 0.497 e. The van der Waals surface area contributed by atoms with Crippen LogP contribution in [0.25, 0.3) is 0 Å². The summed E-state index contributed by atoms with van der Waals surface area (Å²) in [5.41, 5.74) is 8.32. The molecule has 0 spiro atoms. The summed E-state index contributed by atoms with van der Waals surface area (Å²) in [5.74, 6) is 0.807. The minimum atomic E-state index is -0.887. The Kier molecular flexibility index (Phi) is 3.24. The van der Waals surface area contributed by atoms with Gasteiger partial charge >= 0.3 is 0 Å². The number of methoxy groups -OCH3 is 1. The van der Waals surface area contributed by atoms with E-state index in [2.05, 4.69) is 0 Å². The van der Waals surface area contributed by atoms with Crippen LogP contribution >= 0.6 is 0 Å². The SMILES string of the molecule is COc1cccc(CC2(O)CC(N)c3ccccc32)c1. The molecular formula is C17H19NO2. The summed E-state index contributed by atoms with van der Waals surface area (Å²) in [6.07, 6.45) is 1.11. The fourth-order valence-corrected chi connectivity index (χ4v) is 3.12. The molecule has 0 heterocycles. The molecule has 0 fully saturated rings. The number of rotatable bonds is 3. The molecule has 1 aliphatic rings. The first-order valence-electron chi connectivity index (χ1n) is 6.83. The van der Waals surface area contributed by atoms with Crippen molar-refractivity contribution in [1.29, 1.82) is 0 Å². The van der Waals surface area contributed by atoms with E-state index in [0.717, 1.165) is 22.4 Å². The third-order valence-electron chi connectivity index (χ3n) is 4.05. The lowest BCUT2D eigenvalue weighted by Crippen LogP contribution is -2.26. The third kappa shape index (κ3) is 2.19. The topological polar surface area (TPSA) is 55.5 Å². The van der Waals surface area contributed by atoms with Gasteiger partial charge in [0.1, 0.15) is 5.75 Å². The van der Waals surface area contributed by atoms with Crippen molar-refractivity contribution in [3.05, 3.63) is 65.2 Å². The number of fused-ring (bicyclic) bond motifs is 1. The minimum Gasteiger partial charge on any atom is -0.497 e. The monoisotopic (exact) mass is 269 g/mol. The Morgan fingerprint density at radius 2 is 2.05 bits per heavy atom. The van der Waals surface area contributed by atoms with Gasteiger partial charge in [0.05, 0.1) is 12.7 Å². The van der Waals surface area contributed by atoms with Crippen molar-refractivity contribution >= 4 is 0 Å². The van der Waals surface area contributed by atoms with Crippen LogP contribution in [-0.4, -0.2) is 12.2 Å². The summed E-state index contributed by atoms with van der Waals surface area (Å²) in [6.45, 7) is 0. The molecular weight excluding hydrogens is 250 g/mol. The van der Waals surface area contributed by atoms with E-state index in [1.165, 1.54) is 0 Å². The van der Waals surface area contributed by atoms with E-state index in [-0.39, 0.29) is 6.04 Å². The van der Waals surface area contributed by atoms with Gasteiger partial charge in [-0.25, -0.2) is 0 Å². The maximum Gasteiger partial charge on any atom is 0.119 e. The second-order valence-electron chi connectivity index (χ2n) is 5.46. The van der Waals surface area contributed by atoms with Crippen LogP contribution in [0.1, 0.15) is 29.2 Å². The average molecular weight is 269 g/mol. The normalized spacial score (nSPS) is 24.4. The maximum atomic E-state index is 11.0. The molecule has 3 nitrogen and oxygen atoms in total. The fourth-order valence-electron chi connectivity index (χ4n) is 3.12. The second-order valence-corrected chi connectivity index (χ2v) is 5.46. The van der Waals surface area contributed by atoms with Gasteiger partial charge in [-0.2, -0.15) is 0 Å². The van der Waals surface area contributed by atoms with Crippen molar-refractivity contribution in [2.24, 2.45) is 5.73 Å². The van der Waals surface area contributed by atoms with Crippen LogP contribution < -0.4 is 10.5 Å². The Bertz CT molecular complexity index is 626. The fraction of sp³-hybridized carbons (Fsp3) is 0.294. The van der Waals surface area contributed by atoms with E-state index in [4.69, 9.17) is 10.5 Å². The van der Waals surface area contributed by atoms with Gasteiger partial charge in [-0.3, -0.25) is 0 Å². The van der Waals surface area contributed by atoms with Crippen molar-refractivity contribution in [3.63, 3.8) is 0 Å². The highest BCUT2D eigenvalue weighted by molar-refractivity contribution is 5.42. The quantitative estimate of drug-likeness (QED) is 0.900. The molecule has 0 aliphatic heterocycles. The van der Waals surface area contributed by atoms with Gasteiger partial charge in [0.15, 0.2) is 0 Å². The zero-order chi connectivity index (χ0) is 14.2. The predicted octanol–water partition coefficient (Wildman–Crippen LogP) is 2.53. The lowest BCUT2D eigenvalue weighted by molar-refractivity contribution is 0.0341. The van der Waals surface area contributed by atoms with Gasteiger partial charge in [-0.1, -0.05) is 36.4 Å². The highest BCUT2D eigenvalue weighted by atomic mass is 16.5. The van der Waals surface area contributed by atoms with Crippen LogP contribution in [0.5, 0.6) is 5.75 Å². The van der Waals surface area contributed by atoms with E-state index < -0.39 is 5.60 Å². The van der Waals surface area contributed by atoms with E-state index in [1.54, 1.807) is 7.11 Å². The molecule has 20 heavy (non-hydrogen) atoms. The molecule has 0 saturated carbocycles. The van der Waals surface area contributed by atoms with Gasteiger partial charge in [-0.15, -0.1) is 0 Å². The Morgan fingerprint density at radius 1 is 1.25 bits per heavy atom. The van der Waals surface area contributed by atoms with Crippen molar-refractivity contribution < 1.29 is 9.84 Å². The lowest BCUT2D eigenvalue weighted by atomic mass is 9.88. The Hall–Kier alpha value is -1.84. The molecule has 0 amide bonds. The van der Waals surface area contributed by atoms with Gasteiger partial charge in [0.2, 0.25) is 0 Å².